The van der Waals surface area contributed by atoms with Crippen molar-refractivity contribution in [1.29, 1.82) is 0 Å². The van der Waals surface area contributed by atoms with Crippen LogP contribution < -0.4 is 10.6 Å². The molecule has 1 atom stereocenters. The molecule has 5 heteroatoms. The molecule has 1 fully saturated rings. The lowest BCUT2D eigenvalue weighted by Gasteiger charge is -2.22. The maximum atomic E-state index is 13.2. The molecule has 2 N–H and O–H groups in total. The third kappa shape index (κ3) is 2.55. The Bertz CT molecular complexity index is 377. The largest absolute Gasteiger partial charge is 0.322 e. The molecule has 86 valence electrons. The van der Waals surface area contributed by atoms with Crippen molar-refractivity contribution < 1.29 is 9.18 Å². The van der Waals surface area contributed by atoms with Gasteiger partial charge in [-0.15, -0.1) is 0 Å². The van der Waals surface area contributed by atoms with Crippen LogP contribution in [0.15, 0.2) is 18.5 Å². The number of carbonyl (C=O) groups is 1. The fourth-order valence-corrected chi connectivity index (χ4v) is 1.77. The van der Waals surface area contributed by atoms with Crippen LogP contribution in [0.4, 0.5) is 10.1 Å². The van der Waals surface area contributed by atoms with Crippen LogP contribution in [0.5, 0.6) is 0 Å². The van der Waals surface area contributed by atoms with Crippen LogP contribution in [0, 0.1) is 5.82 Å². The number of amides is 1. The van der Waals surface area contributed by atoms with Gasteiger partial charge in [-0.05, 0) is 25.5 Å². The number of pyridine rings is 1. The number of nitrogens with zero attached hydrogens (tertiary/aromatic N) is 1. The highest BCUT2D eigenvalue weighted by Gasteiger charge is 2.21. The normalized spacial score (nSPS) is 20.4. The minimum atomic E-state index is -0.508. The molecule has 0 radical (unpaired) electrons. The smallest absolute Gasteiger partial charge is 0.241 e. The predicted molar refractivity (Wildman–Crippen MR) is 58.5 cm³/mol. The Balaban J connectivity index is 1.99. The Morgan fingerprint density at radius 1 is 1.56 bits per heavy atom. The second kappa shape index (κ2) is 5.03. The van der Waals surface area contributed by atoms with Crippen molar-refractivity contribution in [3.05, 3.63) is 24.3 Å². The first kappa shape index (κ1) is 11.0. The standard InChI is InChI=1S/C11H14FN3O/c12-8-7-13-6-4-9(8)15-11(16)10-3-1-2-5-14-10/h4,6-7,10,14H,1-3,5H2,(H,13,15,16)/t10-/m1/s1. The Labute approximate surface area is 93.3 Å². The molecule has 1 aliphatic heterocycles. The second-order valence-corrected chi connectivity index (χ2v) is 3.85. The number of aromatic nitrogens is 1. The molecule has 1 aliphatic rings. The van der Waals surface area contributed by atoms with Crippen LogP contribution in [-0.4, -0.2) is 23.5 Å². The van der Waals surface area contributed by atoms with E-state index in [2.05, 4.69) is 15.6 Å². The van der Waals surface area contributed by atoms with E-state index in [9.17, 15) is 9.18 Å². The highest BCUT2D eigenvalue weighted by molar-refractivity contribution is 5.94. The average molecular weight is 223 g/mol. The molecule has 0 spiro atoms. The third-order valence-electron chi connectivity index (χ3n) is 2.66. The van der Waals surface area contributed by atoms with E-state index in [0.717, 1.165) is 32.0 Å². The summed E-state index contributed by atoms with van der Waals surface area (Å²) >= 11 is 0. The van der Waals surface area contributed by atoms with E-state index in [0.29, 0.717) is 0 Å². The second-order valence-electron chi connectivity index (χ2n) is 3.85. The molecule has 1 saturated heterocycles. The van der Waals surface area contributed by atoms with Gasteiger partial charge in [0.2, 0.25) is 5.91 Å². The van der Waals surface area contributed by atoms with E-state index in [-0.39, 0.29) is 17.6 Å². The van der Waals surface area contributed by atoms with Crippen molar-refractivity contribution in [3.63, 3.8) is 0 Å². The van der Waals surface area contributed by atoms with Crippen LogP contribution in [0.25, 0.3) is 0 Å². The molecular weight excluding hydrogens is 209 g/mol. The molecule has 2 heterocycles. The van der Waals surface area contributed by atoms with Gasteiger partial charge in [-0.1, -0.05) is 6.42 Å². The summed E-state index contributed by atoms with van der Waals surface area (Å²) < 4.78 is 13.2. The van der Waals surface area contributed by atoms with Crippen LogP contribution in [0.1, 0.15) is 19.3 Å². The molecule has 2 rings (SSSR count). The van der Waals surface area contributed by atoms with E-state index in [4.69, 9.17) is 0 Å². The maximum Gasteiger partial charge on any atom is 0.241 e. The van der Waals surface area contributed by atoms with Gasteiger partial charge in [-0.25, -0.2) is 4.39 Å². The lowest BCUT2D eigenvalue weighted by molar-refractivity contribution is -0.118. The molecular formula is C11H14FN3O. The summed E-state index contributed by atoms with van der Waals surface area (Å²) in [6.07, 6.45) is 5.47. The fourth-order valence-electron chi connectivity index (χ4n) is 1.77. The molecule has 0 unspecified atom stereocenters. The maximum absolute atomic E-state index is 13.2. The van der Waals surface area contributed by atoms with Gasteiger partial charge < -0.3 is 10.6 Å². The van der Waals surface area contributed by atoms with Gasteiger partial charge in [0, 0.05) is 6.20 Å². The van der Waals surface area contributed by atoms with Crippen molar-refractivity contribution in [2.24, 2.45) is 0 Å². The van der Waals surface area contributed by atoms with Gasteiger partial charge in [-0.3, -0.25) is 9.78 Å². The summed E-state index contributed by atoms with van der Waals surface area (Å²) in [5.41, 5.74) is 0.187. The molecule has 1 aromatic rings. The summed E-state index contributed by atoms with van der Waals surface area (Å²) in [4.78, 5) is 15.4. The SMILES string of the molecule is O=C(Nc1ccncc1F)[C@H]1CCCCN1. The summed E-state index contributed by atoms with van der Waals surface area (Å²) in [5.74, 6) is -0.684. The van der Waals surface area contributed by atoms with Crippen molar-refractivity contribution >= 4 is 11.6 Å². The highest BCUT2D eigenvalue weighted by Crippen LogP contribution is 2.13. The number of piperidine rings is 1. The highest BCUT2D eigenvalue weighted by atomic mass is 19.1. The average Bonchev–Trinajstić information content (AvgIpc) is 2.33. The summed E-state index contributed by atoms with van der Waals surface area (Å²) in [5, 5.41) is 5.67. The van der Waals surface area contributed by atoms with E-state index < -0.39 is 5.82 Å². The monoisotopic (exact) mass is 223 g/mol. The Morgan fingerprint density at radius 3 is 3.12 bits per heavy atom. The first-order valence-electron chi connectivity index (χ1n) is 5.41. The van der Waals surface area contributed by atoms with Crippen LogP contribution in [0.2, 0.25) is 0 Å². The lowest BCUT2D eigenvalue weighted by Crippen LogP contribution is -2.43. The van der Waals surface area contributed by atoms with Gasteiger partial charge >= 0.3 is 0 Å². The van der Waals surface area contributed by atoms with Crippen molar-refractivity contribution in [2.45, 2.75) is 25.3 Å². The Morgan fingerprint density at radius 2 is 2.44 bits per heavy atom. The van der Waals surface area contributed by atoms with Gasteiger partial charge in [-0.2, -0.15) is 0 Å². The summed E-state index contributed by atoms with van der Waals surface area (Å²) in [6.45, 7) is 0.844. The zero-order valence-corrected chi connectivity index (χ0v) is 8.87. The molecule has 0 bridgehead atoms. The zero-order valence-electron chi connectivity index (χ0n) is 8.87. The van der Waals surface area contributed by atoms with Gasteiger partial charge in [0.05, 0.1) is 17.9 Å². The van der Waals surface area contributed by atoms with Crippen LogP contribution in [-0.2, 0) is 4.79 Å². The minimum absolute atomic E-state index is 0.176. The molecule has 0 aromatic carbocycles. The van der Waals surface area contributed by atoms with E-state index >= 15 is 0 Å². The van der Waals surface area contributed by atoms with Crippen molar-refractivity contribution in [1.82, 2.24) is 10.3 Å². The Hall–Kier alpha value is -1.49. The number of nitrogens with one attached hydrogen (secondary N) is 2. The number of rotatable bonds is 2. The first-order chi connectivity index (χ1) is 7.77. The van der Waals surface area contributed by atoms with Crippen molar-refractivity contribution in [3.8, 4) is 0 Å². The van der Waals surface area contributed by atoms with Crippen molar-refractivity contribution in [2.75, 3.05) is 11.9 Å². The number of hydrogen-bond donors (Lipinski definition) is 2. The van der Waals surface area contributed by atoms with Crippen LogP contribution >= 0.6 is 0 Å². The zero-order chi connectivity index (χ0) is 11.4. The fraction of sp³-hybridized carbons (Fsp3) is 0.455. The molecule has 1 amide bonds. The van der Waals surface area contributed by atoms with E-state index in [1.807, 2.05) is 0 Å². The van der Waals surface area contributed by atoms with Gasteiger partial charge in [0.25, 0.3) is 0 Å². The Kier molecular flexibility index (Phi) is 3.46. The predicted octanol–water partition coefficient (Wildman–Crippen LogP) is 1.30. The number of halogens is 1. The third-order valence-corrected chi connectivity index (χ3v) is 2.66. The molecule has 0 saturated carbocycles. The summed E-state index contributed by atoms with van der Waals surface area (Å²) in [6, 6.07) is 1.25. The molecule has 0 aliphatic carbocycles. The topological polar surface area (TPSA) is 54.0 Å². The van der Waals surface area contributed by atoms with E-state index in [1.54, 1.807) is 0 Å². The number of anilines is 1. The lowest BCUT2D eigenvalue weighted by atomic mass is 10.0. The quantitative estimate of drug-likeness (QED) is 0.794. The van der Waals surface area contributed by atoms with Gasteiger partial charge in [0.15, 0.2) is 5.82 Å². The molecule has 16 heavy (non-hydrogen) atoms. The van der Waals surface area contributed by atoms with E-state index in [1.165, 1.54) is 12.3 Å². The first-order valence-corrected chi connectivity index (χ1v) is 5.41. The minimum Gasteiger partial charge on any atom is -0.322 e. The number of hydrogen-bond acceptors (Lipinski definition) is 3. The number of carbonyl (C=O) groups excluding carboxylic acids is 1. The molecule has 1 aromatic heterocycles. The summed E-state index contributed by atoms with van der Waals surface area (Å²) in [7, 11) is 0. The molecule has 4 nitrogen and oxygen atoms in total. The van der Waals surface area contributed by atoms with Gasteiger partial charge in [0.1, 0.15) is 0 Å². The van der Waals surface area contributed by atoms with Crippen LogP contribution in [0.3, 0.4) is 0 Å².